The highest BCUT2D eigenvalue weighted by Crippen LogP contribution is 2.34. The number of methoxy groups -OCH3 is 1. The standard InChI is InChI=1S/C23H24ClFN2O5/c1-13-7-19(24)21(32-12-16(28)11-31-2)9-20(13)27-23(30)18-10-26-22(29)8-17(18)14-3-5-15(25)6-4-14/h3-7,9-10,16-17,28H,8,11-12H2,1-2H3,(H,26,29)(H,27,30)/t16-,17+/m1/s1. The highest BCUT2D eigenvalue weighted by Gasteiger charge is 2.29. The van der Waals surface area contributed by atoms with Crippen LogP contribution in [0.15, 0.2) is 48.2 Å². The van der Waals surface area contributed by atoms with Crippen LogP contribution in [0.5, 0.6) is 5.75 Å². The summed E-state index contributed by atoms with van der Waals surface area (Å²) in [5, 5.41) is 15.5. The third-order valence-electron chi connectivity index (χ3n) is 5.01. The Kier molecular flexibility index (Phi) is 7.84. The van der Waals surface area contributed by atoms with Crippen LogP contribution in [0.3, 0.4) is 0 Å². The number of aryl methyl sites for hydroxylation is 1. The van der Waals surface area contributed by atoms with Gasteiger partial charge in [-0.15, -0.1) is 0 Å². The second kappa shape index (κ2) is 10.6. The number of anilines is 1. The van der Waals surface area contributed by atoms with E-state index in [2.05, 4.69) is 10.6 Å². The van der Waals surface area contributed by atoms with E-state index in [0.29, 0.717) is 33.2 Å². The molecule has 1 heterocycles. The van der Waals surface area contributed by atoms with E-state index in [1.807, 2.05) is 0 Å². The number of carbonyl (C=O) groups is 2. The van der Waals surface area contributed by atoms with Crippen LogP contribution in [0.25, 0.3) is 0 Å². The van der Waals surface area contributed by atoms with Crippen molar-refractivity contribution in [2.24, 2.45) is 0 Å². The number of hydrogen-bond acceptors (Lipinski definition) is 5. The molecule has 3 rings (SSSR count). The first-order valence-corrected chi connectivity index (χ1v) is 10.3. The smallest absolute Gasteiger partial charge is 0.253 e. The van der Waals surface area contributed by atoms with Crippen LogP contribution < -0.4 is 15.4 Å². The molecule has 170 valence electrons. The van der Waals surface area contributed by atoms with E-state index in [9.17, 15) is 19.1 Å². The number of benzene rings is 2. The number of carbonyl (C=O) groups excluding carboxylic acids is 2. The van der Waals surface area contributed by atoms with Gasteiger partial charge in [0.25, 0.3) is 5.91 Å². The fourth-order valence-electron chi connectivity index (χ4n) is 3.35. The van der Waals surface area contributed by atoms with E-state index in [-0.39, 0.29) is 25.5 Å². The number of hydrogen-bond donors (Lipinski definition) is 3. The highest BCUT2D eigenvalue weighted by molar-refractivity contribution is 6.32. The van der Waals surface area contributed by atoms with Crippen LogP contribution in [-0.4, -0.2) is 43.3 Å². The Morgan fingerprint density at radius 3 is 2.72 bits per heavy atom. The minimum Gasteiger partial charge on any atom is -0.489 e. The van der Waals surface area contributed by atoms with Gasteiger partial charge in [0.05, 0.1) is 11.6 Å². The summed E-state index contributed by atoms with van der Waals surface area (Å²) >= 11 is 6.24. The van der Waals surface area contributed by atoms with Crippen LogP contribution in [0, 0.1) is 12.7 Å². The van der Waals surface area contributed by atoms with E-state index in [1.54, 1.807) is 31.2 Å². The SMILES string of the molecule is COC[C@@H](O)COc1cc(NC(=O)C2=CNC(=O)C[C@H]2c2ccc(F)cc2)c(C)cc1Cl. The first-order valence-electron chi connectivity index (χ1n) is 9.94. The number of aliphatic hydroxyl groups is 1. The largest absolute Gasteiger partial charge is 0.489 e. The molecule has 2 aromatic carbocycles. The monoisotopic (exact) mass is 462 g/mol. The van der Waals surface area contributed by atoms with Gasteiger partial charge in [0.2, 0.25) is 5.91 Å². The second-order valence-corrected chi connectivity index (χ2v) is 7.85. The molecule has 0 unspecified atom stereocenters. The molecule has 0 aliphatic carbocycles. The summed E-state index contributed by atoms with van der Waals surface area (Å²) in [7, 11) is 1.47. The van der Waals surface area contributed by atoms with E-state index in [1.165, 1.54) is 25.4 Å². The number of nitrogens with one attached hydrogen (secondary N) is 2. The highest BCUT2D eigenvalue weighted by atomic mass is 35.5. The number of amides is 2. The zero-order valence-corrected chi connectivity index (χ0v) is 18.4. The van der Waals surface area contributed by atoms with Crippen molar-refractivity contribution in [1.29, 1.82) is 0 Å². The average molecular weight is 463 g/mol. The van der Waals surface area contributed by atoms with E-state index in [0.717, 1.165) is 0 Å². The first kappa shape index (κ1) is 23.7. The maximum atomic E-state index is 13.3. The van der Waals surface area contributed by atoms with Crippen molar-refractivity contribution in [2.75, 3.05) is 25.6 Å². The predicted molar refractivity (Wildman–Crippen MR) is 118 cm³/mol. The Bertz CT molecular complexity index is 1030. The van der Waals surface area contributed by atoms with Crippen LogP contribution in [0.1, 0.15) is 23.5 Å². The van der Waals surface area contributed by atoms with E-state index >= 15 is 0 Å². The summed E-state index contributed by atoms with van der Waals surface area (Å²) < 4.78 is 23.8. The Balaban J connectivity index is 1.80. The zero-order chi connectivity index (χ0) is 23.3. The molecule has 0 aromatic heterocycles. The molecule has 0 saturated heterocycles. The molecule has 0 saturated carbocycles. The van der Waals surface area contributed by atoms with Gasteiger partial charge in [0, 0.05) is 43.0 Å². The number of aliphatic hydroxyl groups excluding tert-OH is 1. The van der Waals surface area contributed by atoms with E-state index < -0.39 is 23.7 Å². The molecule has 0 bridgehead atoms. The Labute approximate surface area is 190 Å². The lowest BCUT2D eigenvalue weighted by Gasteiger charge is -2.24. The molecular weight excluding hydrogens is 439 g/mol. The summed E-state index contributed by atoms with van der Waals surface area (Å²) in [4.78, 5) is 25.0. The molecule has 32 heavy (non-hydrogen) atoms. The number of rotatable bonds is 8. The van der Waals surface area contributed by atoms with Crippen molar-refractivity contribution < 1.29 is 28.6 Å². The number of ether oxygens (including phenoxy) is 2. The van der Waals surface area contributed by atoms with Gasteiger partial charge in [-0.1, -0.05) is 23.7 Å². The quantitative estimate of drug-likeness (QED) is 0.559. The minimum absolute atomic E-state index is 0.0339. The fraction of sp³-hybridized carbons (Fsp3) is 0.304. The van der Waals surface area contributed by atoms with Gasteiger partial charge in [-0.2, -0.15) is 0 Å². The van der Waals surface area contributed by atoms with Crippen LogP contribution in [-0.2, 0) is 14.3 Å². The Morgan fingerprint density at radius 2 is 2.03 bits per heavy atom. The second-order valence-electron chi connectivity index (χ2n) is 7.45. The van der Waals surface area contributed by atoms with E-state index in [4.69, 9.17) is 21.1 Å². The van der Waals surface area contributed by atoms with Crippen LogP contribution in [0.4, 0.5) is 10.1 Å². The maximum Gasteiger partial charge on any atom is 0.253 e. The Morgan fingerprint density at radius 1 is 1.31 bits per heavy atom. The molecule has 1 aliphatic rings. The third-order valence-corrected chi connectivity index (χ3v) is 5.30. The maximum absolute atomic E-state index is 13.3. The molecule has 9 heteroatoms. The minimum atomic E-state index is -0.831. The van der Waals surface area contributed by atoms with Crippen molar-refractivity contribution in [3.63, 3.8) is 0 Å². The number of halogens is 2. The summed E-state index contributed by atoms with van der Waals surface area (Å²) in [6.07, 6.45) is 0.609. The summed E-state index contributed by atoms with van der Waals surface area (Å²) in [6.45, 7) is 1.85. The molecule has 3 N–H and O–H groups in total. The van der Waals surface area contributed by atoms with Gasteiger partial charge in [-0.25, -0.2) is 4.39 Å². The van der Waals surface area contributed by atoms with Crippen molar-refractivity contribution in [1.82, 2.24) is 5.32 Å². The lowest BCUT2D eigenvalue weighted by molar-refractivity contribution is -0.121. The molecule has 0 fully saturated rings. The fourth-order valence-corrected chi connectivity index (χ4v) is 3.62. The van der Waals surface area contributed by atoms with Gasteiger partial charge in [0.1, 0.15) is 24.3 Å². The molecule has 2 atom stereocenters. The van der Waals surface area contributed by atoms with Crippen LogP contribution >= 0.6 is 11.6 Å². The van der Waals surface area contributed by atoms with Gasteiger partial charge in [0.15, 0.2) is 0 Å². The lowest BCUT2D eigenvalue weighted by Crippen LogP contribution is -2.32. The molecule has 1 aliphatic heterocycles. The van der Waals surface area contributed by atoms with Crippen molar-refractivity contribution in [3.8, 4) is 5.75 Å². The molecule has 0 spiro atoms. The van der Waals surface area contributed by atoms with Crippen molar-refractivity contribution in [2.45, 2.75) is 25.4 Å². The summed E-state index contributed by atoms with van der Waals surface area (Å²) in [5.41, 5.74) is 2.16. The molecule has 0 radical (unpaired) electrons. The Hall–Kier alpha value is -2.94. The predicted octanol–water partition coefficient (Wildman–Crippen LogP) is 3.30. The average Bonchev–Trinajstić information content (AvgIpc) is 2.75. The molecule has 2 aromatic rings. The van der Waals surface area contributed by atoms with Gasteiger partial charge in [-0.3, -0.25) is 9.59 Å². The zero-order valence-electron chi connectivity index (χ0n) is 17.7. The summed E-state index contributed by atoms with van der Waals surface area (Å²) in [6, 6.07) is 8.92. The lowest BCUT2D eigenvalue weighted by atomic mass is 9.86. The van der Waals surface area contributed by atoms with Gasteiger partial charge < -0.3 is 25.2 Å². The van der Waals surface area contributed by atoms with Crippen molar-refractivity contribution >= 4 is 29.1 Å². The first-order chi connectivity index (χ1) is 15.3. The molecule has 2 amide bonds. The summed E-state index contributed by atoms with van der Waals surface area (Å²) in [5.74, 6) is -1.27. The van der Waals surface area contributed by atoms with Crippen LogP contribution in [0.2, 0.25) is 5.02 Å². The van der Waals surface area contributed by atoms with Gasteiger partial charge in [-0.05, 0) is 36.2 Å². The van der Waals surface area contributed by atoms with Crippen molar-refractivity contribution in [3.05, 3.63) is 70.1 Å². The normalized spacial score (nSPS) is 16.7. The topological polar surface area (TPSA) is 96.9 Å². The molecule has 7 nitrogen and oxygen atoms in total. The third kappa shape index (κ3) is 5.85. The van der Waals surface area contributed by atoms with Gasteiger partial charge >= 0.3 is 0 Å². The molecular formula is C23H24ClFN2O5.